The van der Waals surface area contributed by atoms with Crippen LogP contribution in [0.3, 0.4) is 0 Å². The summed E-state index contributed by atoms with van der Waals surface area (Å²) in [4.78, 5) is 0.938. The summed E-state index contributed by atoms with van der Waals surface area (Å²) in [6.07, 6.45) is -2.84. The van der Waals surface area contributed by atoms with E-state index >= 15 is 0 Å². The molecule has 0 radical (unpaired) electrons. The molecule has 0 fully saturated rings. The van der Waals surface area contributed by atoms with Crippen molar-refractivity contribution in [1.29, 1.82) is 0 Å². The van der Waals surface area contributed by atoms with Gasteiger partial charge in [-0.25, -0.2) is 8.78 Å². The second kappa shape index (κ2) is 5.38. The Morgan fingerprint density at radius 2 is 2.29 bits per heavy atom. The van der Waals surface area contributed by atoms with Crippen LogP contribution in [0.2, 0.25) is 0 Å². The first-order valence-corrected chi connectivity index (χ1v) is 5.17. The van der Waals surface area contributed by atoms with E-state index in [2.05, 4.69) is 0 Å². The van der Waals surface area contributed by atoms with Crippen molar-refractivity contribution in [2.24, 2.45) is 5.73 Å². The van der Waals surface area contributed by atoms with Gasteiger partial charge >= 0.3 is 0 Å². The first kappa shape index (κ1) is 11.6. The van der Waals surface area contributed by atoms with Crippen LogP contribution in [0.15, 0.2) is 11.4 Å². The van der Waals surface area contributed by atoms with Crippen LogP contribution in [0.1, 0.15) is 16.5 Å². The van der Waals surface area contributed by atoms with Gasteiger partial charge in [0.05, 0.1) is 0 Å². The van der Waals surface area contributed by atoms with Crippen molar-refractivity contribution in [1.82, 2.24) is 0 Å². The van der Waals surface area contributed by atoms with Gasteiger partial charge in [0, 0.05) is 11.4 Å². The van der Waals surface area contributed by atoms with Crippen LogP contribution in [-0.4, -0.2) is 19.6 Å². The van der Waals surface area contributed by atoms with Crippen LogP contribution < -0.4 is 5.73 Å². The van der Waals surface area contributed by atoms with Crippen LogP contribution in [0.5, 0.6) is 0 Å². The quantitative estimate of drug-likeness (QED) is 0.828. The van der Waals surface area contributed by atoms with Gasteiger partial charge < -0.3 is 10.5 Å². The first-order chi connectivity index (χ1) is 6.65. The Kier molecular flexibility index (Phi) is 4.44. The molecule has 1 atom stereocenters. The third kappa shape index (κ3) is 3.01. The van der Waals surface area contributed by atoms with E-state index in [-0.39, 0.29) is 6.54 Å². The zero-order chi connectivity index (χ0) is 10.6. The standard InChI is InChI=1S/C9H13F2NOS/c1-6-2-3-14-9(6)7(4-12)13-5-8(10)11/h2-3,7-8H,4-5,12H2,1H3. The van der Waals surface area contributed by atoms with Crippen molar-refractivity contribution in [2.75, 3.05) is 13.2 Å². The molecule has 0 saturated heterocycles. The van der Waals surface area contributed by atoms with Gasteiger partial charge in [0.15, 0.2) is 0 Å². The van der Waals surface area contributed by atoms with Gasteiger partial charge in [0.25, 0.3) is 6.43 Å². The van der Waals surface area contributed by atoms with E-state index in [9.17, 15) is 8.78 Å². The monoisotopic (exact) mass is 221 g/mol. The molecule has 2 N–H and O–H groups in total. The van der Waals surface area contributed by atoms with E-state index in [1.54, 1.807) is 0 Å². The molecule has 1 rings (SSSR count). The van der Waals surface area contributed by atoms with Gasteiger partial charge in [0.1, 0.15) is 12.7 Å². The molecule has 5 heteroatoms. The van der Waals surface area contributed by atoms with Crippen LogP contribution in [0.25, 0.3) is 0 Å². The zero-order valence-electron chi connectivity index (χ0n) is 7.87. The normalized spacial score (nSPS) is 13.5. The molecule has 0 spiro atoms. The number of aryl methyl sites for hydroxylation is 1. The van der Waals surface area contributed by atoms with Crippen molar-refractivity contribution in [3.63, 3.8) is 0 Å². The van der Waals surface area contributed by atoms with Crippen LogP contribution in [-0.2, 0) is 4.74 Å². The lowest BCUT2D eigenvalue weighted by Crippen LogP contribution is -2.18. The predicted octanol–water partition coefficient (Wildman–Crippen LogP) is 2.34. The summed E-state index contributed by atoms with van der Waals surface area (Å²) in [6, 6.07) is 1.92. The molecule has 0 bridgehead atoms. The van der Waals surface area contributed by atoms with E-state index in [4.69, 9.17) is 10.5 Å². The Bertz CT molecular complexity index is 278. The van der Waals surface area contributed by atoms with Crippen molar-refractivity contribution in [3.05, 3.63) is 21.9 Å². The Labute approximate surface area is 85.7 Å². The number of thiophene rings is 1. The Morgan fingerprint density at radius 1 is 1.57 bits per heavy atom. The molecule has 0 aliphatic rings. The van der Waals surface area contributed by atoms with Crippen LogP contribution >= 0.6 is 11.3 Å². The summed E-state index contributed by atoms with van der Waals surface area (Å²) < 4.78 is 28.8. The Balaban J connectivity index is 2.58. The fraction of sp³-hybridized carbons (Fsp3) is 0.556. The molecule has 0 aromatic carbocycles. The molecule has 0 amide bonds. The molecule has 1 heterocycles. The van der Waals surface area contributed by atoms with Gasteiger partial charge in [-0.3, -0.25) is 0 Å². The molecule has 14 heavy (non-hydrogen) atoms. The third-order valence-corrected chi connectivity index (χ3v) is 2.94. The third-order valence-electron chi connectivity index (χ3n) is 1.83. The minimum Gasteiger partial charge on any atom is -0.365 e. The molecule has 1 aromatic rings. The largest absolute Gasteiger partial charge is 0.365 e. The van der Waals surface area contributed by atoms with Crippen LogP contribution in [0, 0.1) is 6.92 Å². The van der Waals surface area contributed by atoms with E-state index in [1.165, 1.54) is 11.3 Å². The number of nitrogens with two attached hydrogens (primary N) is 1. The minimum atomic E-state index is -2.44. The SMILES string of the molecule is Cc1ccsc1C(CN)OCC(F)F. The molecule has 0 saturated carbocycles. The molecule has 80 valence electrons. The fourth-order valence-electron chi connectivity index (χ4n) is 1.15. The summed E-state index contributed by atoms with van der Waals surface area (Å²) in [5, 5.41) is 1.90. The average Bonchev–Trinajstić information content (AvgIpc) is 2.53. The van der Waals surface area contributed by atoms with Gasteiger partial charge in [-0.1, -0.05) is 0 Å². The molecule has 1 aromatic heterocycles. The van der Waals surface area contributed by atoms with Crippen molar-refractivity contribution >= 4 is 11.3 Å². The summed E-state index contributed by atoms with van der Waals surface area (Å²) in [5.41, 5.74) is 6.50. The maximum Gasteiger partial charge on any atom is 0.261 e. The van der Waals surface area contributed by atoms with Crippen molar-refractivity contribution in [2.45, 2.75) is 19.5 Å². The lowest BCUT2D eigenvalue weighted by molar-refractivity contribution is -0.0206. The molecule has 0 aliphatic heterocycles. The summed E-state index contributed by atoms with van der Waals surface area (Å²) in [6.45, 7) is 1.59. The number of hydrogen-bond acceptors (Lipinski definition) is 3. The van der Waals surface area contributed by atoms with E-state index in [0.717, 1.165) is 10.4 Å². The smallest absolute Gasteiger partial charge is 0.261 e. The number of ether oxygens (including phenoxy) is 1. The van der Waals surface area contributed by atoms with E-state index < -0.39 is 19.1 Å². The topological polar surface area (TPSA) is 35.2 Å². The van der Waals surface area contributed by atoms with Crippen molar-refractivity contribution in [3.8, 4) is 0 Å². The van der Waals surface area contributed by atoms with Crippen molar-refractivity contribution < 1.29 is 13.5 Å². The van der Waals surface area contributed by atoms with E-state index in [0.29, 0.717) is 0 Å². The highest BCUT2D eigenvalue weighted by atomic mass is 32.1. The van der Waals surface area contributed by atoms with Gasteiger partial charge in [0.2, 0.25) is 0 Å². The second-order valence-corrected chi connectivity index (χ2v) is 3.86. The predicted molar refractivity (Wildman–Crippen MR) is 52.8 cm³/mol. The lowest BCUT2D eigenvalue weighted by atomic mass is 10.2. The minimum absolute atomic E-state index is 0.230. The molecule has 2 nitrogen and oxygen atoms in total. The average molecular weight is 221 g/mol. The Morgan fingerprint density at radius 3 is 2.71 bits per heavy atom. The second-order valence-electron chi connectivity index (χ2n) is 2.92. The highest BCUT2D eigenvalue weighted by Gasteiger charge is 2.16. The number of rotatable bonds is 5. The number of halogens is 2. The molecule has 0 aliphatic carbocycles. The zero-order valence-corrected chi connectivity index (χ0v) is 8.69. The number of alkyl halides is 2. The lowest BCUT2D eigenvalue weighted by Gasteiger charge is -2.15. The molecule has 1 unspecified atom stereocenters. The maximum atomic E-state index is 11.9. The van der Waals surface area contributed by atoms with Gasteiger partial charge in [-0.15, -0.1) is 11.3 Å². The molecular weight excluding hydrogens is 208 g/mol. The highest BCUT2D eigenvalue weighted by molar-refractivity contribution is 7.10. The fourth-order valence-corrected chi connectivity index (χ4v) is 2.14. The molecular formula is C9H13F2NOS. The Hall–Kier alpha value is -0.520. The van der Waals surface area contributed by atoms with Crippen LogP contribution in [0.4, 0.5) is 8.78 Å². The van der Waals surface area contributed by atoms with Gasteiger partial charge in [-0.2, -0.15) is 0 Å². The van der Waals surface area contributed by atoms with Gasteiger partial charge in [-0.05, 0) is 23.9 Å². The van der Waals surface area contributed by atoms with E-state index in [1.807, 2.05) is 18.4 Å². The summed E-state index contributed by atoms with van der Waals surface area (Å²) >= 11 is 1.48. The summed E-state index contributed by atoms with van der Waals surface area (Å²) in [5.74, 6) is 0. The maximum absolute atomic E-state index is 11.9. The summed E-state index contributed by atoms with van der Waals surface area (Å²) in [7, 11) is 0. The highest BCUT2D eigenvalue weighted by Crippen LogP contribution is 2.26. The number of hydrogen-bond donors (Lipinski definition) is 1. The first-order valence-electron chi connectivity index (χ1n) is 4.29.